The molecule has 0 aliphatic carbocycles. The highest BCUT2D eigenvalue weighted by molar-refractivity contribution is 6.31. The lowest BCUT2D eigenvalue weighted by molar-refractivity contribution is 0.0925. The van der Waals surface area contributed by atoms with Crippen LogP contribution in [0.5, 0.6) is 0 Å². The predicted molar refractivity (Wildman–Crippen MR) is 80.2 cm³/mol. The van der Waals surface area contributed by atoms with Crippen molar-refractivity contribution in [2.75, 3.05) is 12.0 Å². The summed E-state index contributed by atoms with van der Waals surface area (Å²) in [5, 5.41) is 3.44. The van der Waals surface area contributed by atoms with E-state index in [1.165, 1.54) is 0 Å². The molecule has 0 radical (unpaired) electrons. The molecule has 4 N–H and O–H groups in total. The van der Waals surface area contributed by atoms with E-state index < -0.39 is 0 Å². The van der Waals surface area contributed by atoms with Crippen LogP contribution in [0.3, 0.4) is 0 Å². The maximum absolute atomic E-state index is 12.2. The number of hydrazine groups is 1. The van der Waals surface area contributed by atoms with Crippen LogP contribution in [-0.4, -0.2) is 12.5 Å². The van der Waals surface area contributed by atoms with Crippen LogP contribution in [-0.2, 0) is 0 Å². The molecule has 19 heavy (non-hydrogen) atoms. The molecule has 0 unspecified atom stereocenters. The van der Waals surface area contributed by atoms with Gasteiger partial charge in [0.05, 0.1) is 11.3 Å². The molecular weight excluding hydrogens is 262 g/mol. The summed E-state index contributed by atoms with van der Waals surface area (Å²) in [5.41, 5.74) is 3.55. The number of anilines is 1. The average Bonchev–Trinajstić information content (AvgIpc) is 2.35. The first-order valence-corrected chi connectivity index (χ1v) is 6.70. The van der Waals surface area contributed by atoms with Gasteiger partial charge in [-0.3, -0.25) is 10.6 Å². The van der Waals surface area contributed by atoms with E-state index in [0.717, 1.165) is 0 Å². The molecule has 4 nitrogen and oxygen atoms in total. The number of carbonyl (C=O) groups excluding carboxylic acids is 1. The van der Waals surface area contributed by atoms with Crippen LogP contribution in [0.25, 0.3) is 0 Å². The number of rotatable bonds is 5. The van der Waals surface area contributed by atoms with Crippen molar-refractivity contribution in [3.05, 3.63) is 28.8 Å². The average molecular weight is 284 g/mol. The van der Waals surface area contributed by atoms with Crippen molar-refractivity contribution in [2.45, 2.75) is 27.7 Å². The van der Waals surface area contributed by atoms with E-state index >= 15 is 0 Å². The summed E-state index contributed by atoms with van der Waals surface area (Å²) in [6.07, 6.45) is 0. The van der Waals surface area contributed by atoms with Gasteiger partial charge in [0.15, 0.2) is 0 Å². The van der Waals surface area contributed by atoms with Gasteiger partial charge in [-0.15, -0.1) is 0 Å². The summed E-state index contributed by atoms with van der Waals surface area (Å²) in [7, 11) is 0. The van der Waals surface area contributed by atoms with Crippen LogP contribution in [0, 0.1) is 11.3 Å². The Hall–Kier alpha value is -1.26. The SMILES string of the molecule is CC(C)C(C)(C)CNC(=O)c1cc(Cl)ccc1NN. The third kappa shape index (κ3) is 4.11. The Labute approximate surface area is 119 Å². The Morgan fingerprint density at radius 1 is 1.42 bits per heavy atom. The van der Waals surface area contributed by atoms with Gasteiger partial charge in [0.25, 0.3) is 5.91 Å². The second-order valence-corrected chi connectivity index (χ2v) is 6.10. The molecule has 0 bridgehead atoms. The van der Waals surface area contributed by atoms with Gasteiger partial charge < -0.3 is 10.7 Å². The lowest BCUT2D eigenvalue weighted by Gasteiger charge is -2.29. The zero-order valence-electron chi connectivity index (χ0n) is 11.9. The number of nitrogen functional groups attached to an aromatic ring is 1. The van der Waals surface area contributed by atoms with Crippen LogP contribution in [0.1, 0.15) is 38.1 Å². The number of nitrogens with two attached hydrogens (primary N) is 1. The lowest BCUT2D eigenvalue weighted by Crippen LogP contribution is -2.37. The quantitative estimate of drug-likeness (QED) is 0.575. The van der Waals surface area contributed by atoms with Gasteiger partial charge in [-0.25, -0.2) is 0 Å². The van der Waals surface area contributed by atoms with E-state index in [4.69, 9.17) is 17.4 Å². The normalized spacial score (nSPS) is 11.5. The van der Waals surface area contributed by atoms with Gasteiger partial charge in [-0.05, 0) is 29.5 Å². The van der Waals surface area contributed by atoms with Gasteiger partial charge in [-0.2, -0.15) is 0 Å². The molecule has 0 spiro atoms. The zero-order valence-corrected chi connectivity index (χ0v) is 12.6. The molecule has 5 heteroatoms. The Morgan fingerprint density at radius 2 is 2.05 bits per heavy atom. The van der Waals surface area contributed by atoms with Gasteiger partial charge in [0.2, 0.25) is 0 Å². The molecule has 1 amide bonds. The summed E-state index contributed by atoms with van der Waals surface area (Å²) in [6, 6.07) is 4.98. The fourth-order valence-electron chi connectivity index (χ4n) is 1.44. The molecule has 1 aromatic carbocycles. The third-order valence-corrected chi connectivity index (χ3v) is 3.88. The van der Waals surface area contributed by atoms with E-state index in [2.05, 4.69) is 38.4 Å². The van der Waals surface area contributed by atoms with Crippen LogP contribution >= 0.6 is 11.6 Å². The number of hydrogen-bond acceptors (Lipinski definition) is 3. The standard InChI is InChI=1S/C14H22ClN3O/c1-9(2)14(3,4)8-17-13(19)11-7-10(15)5-6-12(11)18-16/h5-7,9,18H,8,16H2,1-4H3,(H,17,19). The molecule has 0 saturated heterocycles. The van der Waals surface area contributed by atoms with E-state index in [9.17, 15) is 4.79 Å². The molecule has 0 aliphatic rings. The molecule has 1 aromatic rings. The fourth-order valence-corrected chi connectivity index (χ4v) is 1.61. The van der Waals surface area contributed by atoms with E-state index in [1.807, 2.05) is 0 Å². The number of benzene rings is 1. The summed E-state index contributed by atoms with van der Waals surface area (Å²) >= 11 is 5.91. The number of nitrogens with one attached hydrogen (secondary N) is 2. The number of carbonyl (C=O) groups is 1. The van der Waals surface area contributed by atoms with Gasteiger partial charge in [0, 0.05) is 11.6 Å². The van der Waals surface area contributed by atoms with Crippen molar-refractivity contribution >= 4 is 23.2 Å². The zero-order chi connectivity index (χ0) is 14.6. The Bertz CT molecular complexity index is 458. The maximum atomic E-state index is 12.2. The minimum Gasteiger partial charge on any atom is -0.351 e. The highest BCUT2D eigenvalue weighted by atomic mass is 35.5. The molecule has 0 aromatic heterocycles. The number of hydrogen-bond donors (Lipinski definition) is 3. The molecule has 0 aliphatic heterocycles. The van der Waals surface area contributed by atoms with Crippen LogP contribution in [0.4, 0.5) is 5.69 Å². The first-order valence-electron chi connectivity index (χ1n) is 6.32. The van der Waals surface area contributed by atoms with Crippen molar-refractivity contribution < 1.29 is 4.79 Å². The topological polar surface area (TPSA) is 67.2 Å². The Morgan fingerprint density at radius 3 is 2.58 bits per heavy atom. The second-order valence-electron chi connectivity index (χ2n) is 5.66. The monoisotopic (exact) mass is 283 g/mol. The van der Waals surface area contributed by atoms with Crippen molar-refractivity contribution in [3.8, 4) is 0 Å². The van der Waals surface area contributed by atoms with Gasteiger partial charge in [-0.1, -0.05) is 39.3 Å². The van der Waals surface area contributed by atoms with Crippen molar-refractivity contribution in [1.29, 1.82) is 0 Å². The maximum Gasteiger partial charge on any atom is 0.253 e. The van der Waals surface area contributed by atoms with Gasteiger partial charge >= 0.3 is 0 Å². The summed E-state index contributed by atoms with van der Waals surface area (Å²) in [4.78, 5) is 12.2. The number of halogens is 1. The van der Waals surface area contributed by atoms with Crippen molar-refractivity contribution in [2.24, 2.45) is 17.2 Å². The Balaban J connectivity index is 2.82. The molecule has 0 saturated carbocycles. The van der Waals surface area contributed by atoms with Gasteiger partial charge in [0.1, 0.15) is 0 Å². The third-order valence-electron chi connectivity index (χ3n) is 3.65. The van der Waals surface area contributed by atoms with E-state index in [1.54, 1.807) is 18.2 Å². The second kappa shape index (κ2) is 6.26. The van der Waals surface area contributed by atoms with Crippen LogP contribution in [0.15, 0.2) is 18.2 Å². The molecule has 106 valence electrons. The Kier molecular flexibility index (Phi) is 5.20. The predicted octanol–water partition coefficient (Wildman–Crippen LogP) is 3.04. The minimum absolute atomic E-state index is 0.0323. The first-order chi connectivity index (χ1) is 8.77. The summed E-state index contributed by atoms with van der Waals surface area (Å²) in [5.74, 6) is 5.69. The first kappa shape index (κ1) is 15.8. The molecule has 0 atom stereocenters. The largest absolute Gasteiger partial charge is 0.351 e. The number of amides is 1. The molecule has 1 rings (SSSR count). The molecule has 0 fully saturated rings. The highest BCUT2D eigenvalue weighted by Crippen LogP contribution is 2.25. The highest BCUT2D eigenvalue weighted by Gasteiger charge is 2.23. The van der Waals surface area contributed by atoms with Crippen molar-refractivity contribution in [3.63, 3.8) is 0 Å². The minimum atomic E-state index is -0.177. The molecular formula is C14H22ClN3O. The smallest absolute Gasteiger partial charge is 0.253 e. The molecule has 0 heterocycles. The van der Waals surface area contributed by atoms with Crippen LogP contribution < -0.4 is 16.6 Å². The van der Waals surface area contributed by atoms with E-state index in [0.29, 0.717) is 28.7 Å². The van der Waals surface area contributed by atoms with Crippen LogP contribution in [0.2, 0.25) is 5.02 Å². The van der Waals surface area contributed by atoms with E-state index in [-0.39, 0.29) is 11.3 Å². The van der Waals surface area contributed by atoms with Crippen molar-refractivity contribution in [1.82, 2.24) is 5.32 Å². The summed E-state index contributed by atoms with van der Waals surface area (Å²) < 4.78 is 0. The fraction of sp³-hybridized carbons (Fsp3) is 0.500. The lowest BCUT2D eigenvalue weighted by atomic mass is 9.81. The summed E-state index contributed by atoms with van der Waals surface area (Å²) in [6.45, 7) is 9.12.